The zero-order valence-corrected chi connectivity index (χ0v) is 13.9. The quantitative estimate of drug-likeness (QED) is 0.739. The van der Waals surface area contributed by atoms with E-state index in [4.69, 9.17) is 16.3 Å². The van der Waals surface area contributed by atoms with Gasteiger partial charge in [0.1, 0.15) is 11.9 Å². The van der Waals surface area contributed by atoms with Gasteiger partial charge in [-0.1, -0.05) is 38.8 Å². The predicted octanol–water partition coefficient (Wildman–Crippen LogP) is 5.46. The van der Waals surface area contributed by atoms with E-state index in [-0.39, 0.29) is 12.0 Å². The average molecular weight is 306 g/mol. The Balaban J connectivity index is 2.10. The van der Waals surface area contributed by atoms with Crippen molar-refractivity contribution in [3.05, 3.63) is 29.3 Å². The first kappa shape index (κ1) is 16.2. The molecule has 3 heteroatoms. The molecule has 0 aliphatic heterocycles. The fraction of sp³-hybridized carbons (Fsp3) is 0.611. The maximum atomic E-state index is 9.38. The largest absolute Gasteiger partial charge is 0.489 e. The number of ether oxygens (including phenoxy) is 1. The second kappa shape index (κ2) is 6.71. The summed E-state index contributed by atoms with van der Waals surface area (Å²) in [4.78, 5) is 0. The van der Waals surface area contributed by atoms with Crippen molar-refractivity contribution < 1.29 is 4.74 Å². The van der Waals surface area contributed by atoms with Crippen molar-refractivity contribution >= 4 is 11.6 Å². The summed E-state index contributed by atoms with van der Waals surface area (Å²) in [5, 5.41) is 10.1. The fourth-order valence-corrected chi connectivity index (χ4v) is 3.22. The highest BCUT2D eigenvalue weighted by atomic mass is 35.5. The highest BCUT2D eigenvalue weighted by molar-refractivity contribution is 6.30. The van der Waals surface area contributed by atoms with Crippen molar-refractivity contribution in [1.29, 1.82) is 5.26 Å². The number of rotatable bonds is 4. The van der Waals surface area contributed by atoms with Gasteiger partial charge in [-0.25, -0.2) is 0 Å². The molecule has 1 aromatic carbocycles. The van der Waals surface area contributed by atoms with Crippen LogP contribution in [0.4, 0.5) is 0 Å². The van der Waals surface area contributed by atoms with Crippen molar-refractivity contribution in [2.75, 3.05) is 0 Å². The Kier molecular flexibility index (Phi) is 5.17. The summed E-state index contributed by atoms with van der Waals surface area (Å²) < 4.78 is 6.10. The van der Waals surface area contributed by atoms with Crippen molar-refractivity contribution in [3.8, 4) is 11.8 Å². The molecule has 0 heterocycles. The number of halogens is 1. The van der Waals surface area contributed by atoms with Crippen molar-refractivity contribution in [1.82, 2.24) is 0 Å². The normalized spacial score (nSPS) is 26.1. The molecule has 0 bridgehead atoms. The molecule has 0 saturated heterocycles. The van der Waals surface area contributed by atoms with E-state index in [2.05, 4.69) is 26.8 Å². The van der Waals surface area contributed by atoms with Crippen molar-refractivity contribution in [3.63, 3.8) is 0 Å². The van der Waals surface area contributed by atoms with Gasteiger partial charge in [-0.3, -0.25) is 0 Å². The maximum absolute atomic E-state index is 9.38. The van der Waals surface area contributed by atoms with Gasteiger partial charge in [0.05, 0.1) is 12.0 Å². The topological polar surface area (TPSA) is 33.0 Å². The molecule has 0 spiro atoms. The van der Waals surface area contributed by atoms with E-state index >= 15 is 0 Å². The lowest BCUT2D eigenvalue weighted by Crippen LogP contribution is -2.38. The standard InChI is InChI=1S/C18H24ClNO/c1-4-18(2,3)14-6-5-13(12-20)17(11-14)21-16-9-7-15(19)8-10-16/h7-10,13-14,17H,4-6,11H2,1-3H3. The van der Waals surface area contributed by atoms with Crippen LogP contribution < -0.4 is 4.74 Å². The molecule has 2 rings (SSSR count). The summed E-state index contributed by atoms with van der Waals surface area (Å²) in [6, 6.07) is 9.84. The van der Waals surface area contributed by atoms with Gasteiger partial charge in [-0.05, 0) is 54.9 Å². The maximum Gasteiger partial charge on any atom is 0.119 e. The molecular formula is C18H24ClNO. The molecule has 3 atom stereocenters. The van der Waals surface area contributed by atoms with Crippen LogP contribution in [-0.2, 0) is 0 Å². The molecule has 1 aromatic rings. The van der Waals surface area contributed by atoms with Crippen molar-refractivity contribution in [2.24, 2.45) is 17.3 Å². The third kappa shape index (κ3) is 3.92. The minimum atomic E-state index is -0.0132. The number of nitriles is 1. The lowest BCUT2D eigenvalue weighted by molar-refractivity contribution is 0.0410. The molecule has 1 saturated carbocycles. The summed E-state index contributed by atoms with van der Waals surface area (Å²) >= 11 is 5.90. The van der Waals surface area contributed by atoms with Crippen LogP contribution in [0.5, 0.6) is 5.75 Å². The van der Waals surface area contributed by atoms with E-state index in [1.54, 1.807) is 0 Å². The molecule has 0 aromatic heterocycles. The summed E-state index contributed by atoms with van der Waals surface area (Å²) in [5.74, 6) is 1.41. The Bertz CT molecular complexity index is 503. The second-order valence-corrected chi connectivity index (χ2v) is 7.13. The van der Waals surface area contributed by atoms with Gasteiger partial charge in [-0.15, -0.1) is 0 Å². The fourth-order valence-electron chi connectivity index (χ4n) is 3.09. The smallest absolute Gasteiger partial charge is 0.119 e. The molecule has 0 N–H and O–H groups in total. The molecule has 1 aliphatic rings. The first-order valence-electron chi connectivity index (χ1n) is 7.78. The highest BCUT2D eigenvalue weighted by Crippen LogP contribution is 2.43. The minimum Gasteiger partial charge on any atom is -0.489 e. The van der Waals surface area contributed by atoms with Crippen LogP contribution in [0.1, 0.15) is 46.5 Å². The third-order valence-electron chi connectivity index (χ3n) is 5.08. The number of nitrogens with zero attached hydrogens (tertiary/aromatic N) is 1. The molecule has 0 amide bonds. The molecule has 21 heavy (non-hydrogen) atoms. The zero-order chi connectivity index (χ0) is 15.5. The number of hydrogen-bond acceptors (Lipinski definition) is 2. The number of hydrogen-bond donors (Lipinski definition) is 0. The summed E-state index contributed by atoms with van der Waals surface area (Å²) in [6.45, 7) is 6.89. The molecule has 1 fully saturated rings. The van der Waals surface area contributed by atoms with Gasteiger partial charge >= 0.3 is 0 Å². The van der Waals surface area contributed by atoms with Crippen LogP contribution in [0.15, 0.2) is 24.3 Å². The third-order valence-corrected chi connectivity index (χ3v) is 5.33. The van der Waals surface area contributed by atoms with E-state index < -0.39 is 0 Å². The van der Waals surface area contributed by atoms with E-state index in [1.165, 1.54) is 0 Å². The molecular weight excluding hydrogens is 282 g/mol. The van der Waals surface area contributed by atoms with Crippen LogP contribution in [0.3, 0.4) is 0 Å². The van der Waals surface area contributed by atoms with Crippen LogP contribution in [-0.4, -0.2) is 6.10 Å². The molecule has 3 unspecified atom stereocenters. The van der Waals surface area contributed by atoms with E-state index in [1.807, 2.05) is 24.3 Å². The first-order valence-corrected chi connectivity index (χ1v) is 8.16. The van der Waals surface area contributed by atoms with Crippen LogP contribution in [0.2, 0.25) is 5.02 Å². The Morgan fingerprint density at radius 3 is 2.52 bits per heavy atom. The monoisotopic (exact) mass is 305 g/mol. The average Bonchev–Trinajstić information content (AvgIpc) is 2.49. The Morgan fingerprint density at radius 2 is 1.95 bits per heavy atom. The van der Waals surface area contributed by atoms with E-state index in [9.17, 15) is 5.26 Å². The van der Waals surface area contributed by atoms with Gasteiger partial charge in [-0.2, -0.15) is 5.26 Å². The Labute approximate surface area is 133 Å². The molecule has 0 radical (unpaired) electrons. The van der Waals surface area contributed by atoms with Crippen molar-refractivity contribution in [2.45, 2.75) is 52.6 Å². The van der Waals surface area contributed by atoms with E-state index in [0.29, 0.717) is 16.4 Å². The first-order chi connectivity index (χ1) is 9.96. The molecule has 114 valence electrons. The minimum absolute atomic E-state index is 0.00964. The summed E-state index contributed by atoms with van der Waals surface area (Å²) in [5.41, 5.74) is 0.308. The van der Waals surface area contributed by atoms with Gasteiger partial charge < -0.3 is 4.74 Å². The highest BCUT2D eigenvalue weighted by Gasteiger charge is 2.38. The summed E-state index contributed by atoms with van der Waals surface area (Å²) in [7, 11) is 0. The van der Waals surface area contributed by atoms with Gasteiger partial charge in [0.15, 0.2) is 0 Å². The van der Waals surface area contributed by atoms with Gasteiger partial charge in [0.2, 0.25) is 0 Å². The molecule has 1 aliphatic carbocycles. The molecule has 2 nitrogen and oxygen atoms in total. The summed E-state index contributed by atoms with van der Waals surface area (Å²) in [6.07, 6.45) is 4.16. The van der Waals surface area contributed by atoms with Crippen LogP contribution in [0.25, 0.3) is 0 Å². The zero-order valence-electron chi connectivity index (χ0n) is 13.1. The lowest BCUT2D eigenvalue weighted by atomic mass is 9.67. The number of benzene rings is 1. The second-order valence-electron chi connectivity index (χ2n) is 6.70. The van der Waals surface area contributed by atoms with E-state index in [0.717, 1.165) is 31.4 Å². The van der Waals surface area contributed by atoms with Crippen LogP contribution >= 0.6 is 11.6 Å². The SMILES string of the molecule is CCC(C)(C)C1CCC(C#N)C(Oc2ccc(Cl)cc2)C1. The Morgan fingerprint density at radius 1 is 1.29 bits per heavy atom. The lowest BCUT2D eigenvalue weighted by Gasteiger charge is -2.41. The van der Waals surface area contributed by atoms with Gasteiger partial charge in [0.25, 0.3) is 0 Å². The van der Waals surface area contributed by atoms with Crippen LogP contribution in [0, 0.1) is 28.6 Å². The van der Waals surface area contributed by atoms with Gasteiger partial charge in [0, 0.05) is 5.02 Å². The predicted molar refractivity (Wildman–Crippen MR) is 86.4 cm³/mol. The Hall–Kier alpha value is -1.20.